The Labute approximate surface area is 110 Å². The maximum Gasteiger partial charge on any atom is 0.0522 e. The lowest BCUT2D eigenvalue weighted by molar-refractivity contribution is 0.589. The standard InChI is InChI=1S/C13H16BrN3/c1-15-13(7-10-8-16-17(2)9-10)11-5-3-4-6-12(11)14/h3-6,8-9,13,15H,7H2,1-2H3. The van der Waals surface area contributed by atoms with E-state index in [4.69, 9.17) is 0 Å². The number of nitrogens with zero attached hydrogens (tertiary/aromatic N) is 2. The highest BCUT2D eigenvalue weighted by molar-refractivity contribution is 9.10. The van der Waals surface area contributed by atoms with Crippen LogP contribution in [0.3, 0.4) is 0 Å². The summed E-state index contributed by atoms with van der Waals surface area (Å²) in [4.78, 5) is 0. The molecule has 0 fully saturated rings. The molecular weight excluding hydrogens is 278 g/mol. The quantitative estimate of drug-likeness (QED) is 0.939. The van der Waals surface area contributed by atoms with E-state index in [-0.39, 0.29) is 0 Å². The molecule has 0 radical (unpaired) electrons. The van der Waals surface area contributed by atoms with Crippen LogP contribution in [-0.4, -0.2) is 16.8 Å². The third-order valence-electron chi connectivity index (χ3n) is 2.83. The van der Waals surface area contributed by atoms with Crippen molar-refractivity contribution < 1.29 is 0 Å². The number of aromatic nitrogens is 2. The third-order valence-corrected chi connectivity index (χ3v) is 3.55. The van der Waals surface area contributed by atoms with Gasteiger partial charge in [0.25, 0.3) is 0 Å². The maximum absolute atomic E-state index is 4.20. The van der Waals surface area contributed by atoms with E-state index in [1.54, 1.807) is 0 Å². The molecule has 17 heavy (non-hydrogen) atoms. The highest BCUT2D eigenvalue weighted by Crippen LogP contribution is 2.25. The van der Waals surface area contributed by atoms with Crippen molar-refractivity contribution in [1.29, 1.82) is 0 Å². The molecule has 1 atom stereocenters. The first-order valence-corrected chi connectivity index (χ1v) is 6.39. The number of hydrogen-bond acceptors (Lipinski definition) is 2. The minimum Gasteiger partial charge on any atom is -0.313 e. The molecular formula is C13H16BrN3. The number of nitrogens with one attached hydrogen (secondary N) is 1. The summed E-state index contributed by atoms with van der Waals surface area (Å²) in [5.74, 6) is 0. The predicted molar refractivity (Wildman–Crippen MR) is 72.9 cm³/mol. The van der Waals surface area contributed by atoms with Gasteiger partial charge >= 0.3 is 0 Å². The number of likely N-dealkylation sites (N-methyl/N-ethyl adjacent to an activating group) is 1. The Balaban J connectivity index is 2.20. The molecule has 90 valence electrons. The van der Waals surface area contributed by atoms with Crippen molar-refractivity contribution in [3.05, 3.63) is 52.3 Å². The molecule has 1 aromatic carbocycles. The van der Waals surface area contributed by atoms with E-state index in [1.807, 2.05) is 31.0 Å². The minimum atomic E-state index is 0.301. The van der Waals surface area contributed by atoms with Crippen molar-refractivity contribution in [3.63, 3.8) is 0 Å². The van der Waals surface area contributed by atoms with Crippen LogP contribution in [0.2, 0.25) is 0 Å². The predicted octanol–water partition coefficient (Wildman–Crippen LogP) is 2.69. The molecule has 3 nitrogen and oxygen atoms in total. The van der Waals surface area contributed by atoms with E-state index in [1.165, 1.54) is 11.1 Å². The van der Waals surface area contributed by atoms with Crippen LogP contribution in [-0.2, 0) is 13.5 Å². The van der Waals surface area contributed by atoms with Crippen LogP contribution in [0.1, 0.15) is 17.2 Å². The van der Waals surface area contributed by atoms with Crippen LogP contribution in [0.25, 0.3) is 0 Å². The van der Waals surface area contributed by atoms with E-state index in [2.05, 4.69) is 50.7 Å². The smallest absolute Gasteiger partial charge is 0.0522 e. The highest BCUT2D eigenvalue weighted by atomic mass is 79.9. The van der Waals surface area contributed by atoms with Gasteiger partial charge < -0.3 is 5.32 Å². The SMILES string of the molecule is CNC(Cc1cnn(C)c1)c1ccccc1Br. The van der Waals surface area contributed by atoms with Gasteiger partial charge in [-0.2, -0.15) is 5.10 Å². The van der Waals surface area contributed by atoms with E-state index in [0.29, 0.717) is 6.04 Å². The second kappa shape index (κ2) is 5.47. The van der Waals surface area contributed by atoms with Gasteiger partial charge in [-0.3, -0.25) is 4.68 Å². The molecule has 0 saturated carbocycles. The molecule has 1 aromatic heterocycles. The van der Waals surface area contributed by atoms with Crippen LogP contribution < -0.4 is 5.32 Å². The van der Waals surface area contributed by atoms with Crippen molar-refractivity contribution in [3.8, 4) is 0 Å². The van der Waals surface area contributed by atoms with Gasteiger partial charge in [0.1, 0.15) is 0 Å². The average Bonchev–Trinajstić information content (AvgIpc) is 2.73. The first-order valence-electron chi connectivity index (χ1n) is 5.60. The monoisotopic (exact) mass is 293 g/mol. The van der Waals surface area contributed by atoms with E-state index in [0.717, 1.165) is 10.9 Å². The Bertz CT molecular complexity index is 493. The Morgan fingerprint density at radius 1 is 1.41 bits per heavy atom. The molecule has 0 aliphatic heterocycles. The Morgan fingerprint density at radius 3 is 2.76 bits per heavy atom. The van der Waals surface area contributed by atoms with E-state index in [9.17, 15) is 0 Å². The van der Waals surface area contributed by atoms with Crippen molar-refractivity contribution in [2.24, 2.45) is 7.05 Å². The molecule has 4 heteroatoms. The Hall–Kier alpha value is -1.13. The summed E-state index contributed by atoms with van der Waals surface area (Å²) < 4.78 is 2.98. The van der Waals surface area contributed by atoms with Crippen molar-refractivity contribution in [2.45, 2.75) is 12.5 Å². The fourth-order valence-corrected chi connectivity index (χ4v) is 2.50. The molecule has 0 aliphatic carbocycles. The lowest BCUT2D eigenvalue weighted by Crippen LogP contribution is -2.19. The second-order valence-electron chi connectivity index (χ2n) is 4.09. The number of hydrogen-bond donors (Lipinski definition) is 1. The van der Waals surface area contributed by atoms with Gasteiger partial charge in [0, 0.05) is 23.8 Å². The molecule has 0 amide bonds. The van der Waals surface area contributed by atoms with Gasteiger partial charge in [0.2, 0.25) is 0 Å². The van der Waals surface area contributed by atoms with Crippen LogP contribution in [0.15, 0.2) is 41.1 Å². The number of benzene rings is 1. The number of aryl methyl sites for hydroxylation is 1. The van der Waals surface area contributed by atoms with Gasteiger partial charge in [0.05, 0.1) is 6.20 Å². The Morgan fingerprint density at radius 2 is 2.18 bits per heavy atom. The topological polar surface area (TPSA) is 29.9 Å². The van der Waals surface area contributed by atoms with Crippen LogP contribution in [0.4, 0.5) is 0 Å². The van der Waals surface area contributed by atoms with Crippen molar-refractivity contribution in [1.82, 2.24) is 15.1 Å². The second-order valence-corrected chi connectivity index (χ2v) is 4.94. The van der Waals surface area contributed by atoms with Crippen LogP contribution >= 0.6 is 15.9 Å². The van der Waals surface area contributed by atoms with Crippen LogP contribution in [0, 0.1) is 0 Å². The molecule has 0 bridgehead atoms. The number of halogens is 1. The summed E-state index contributed by atoms with van der Waals surface area (Å²) in [6.45, 7) is 0. The van der Waals surface area contributed by atoms with Gasteiger partial charge in [0.15, 0.2) is 0 Å². The van der Waals surface area contributed by atoms with Crippen molar-refractivity contribution >= 4 is 15.9 Å². The van der Waals surface area contributed by atoms with Crippen LogP contribution in [0.5, 0.6) is 0 Å². The fourth-order valence-electron chi connectivity index (χ4n) is 1.94. The minimum absolute atomic E-state index is 0.301. The lowest BCUT2D eigenvalue weighted by atomic mass is 10.0. The summed E-state index contributed by atoms with van der Waals surface area (Å²) in [6.07, 6.45) is 4.91. The molecule has 0 spiro atoms. The molecule has 0 saturated heterocycles. The first kappa shape index (κ1) is 12.3. The molecule has 2 aromatic rings. The molecule has 0 aliphatic rings. The van der Waals surface area contributed by atoms with Crippen molar-refractivity contribution in [2.75, 3.05) is 7.05 Å². The first-order chi connectivity index (χ1) is 8.20. The van der Waals surface area contributed by atoms with Gasteiger partial charge in [-0.15, -0.1) is 0 Å². The normalized spacial score (nSPS) is 12.6. The zero-order valence-electron chi connectivity index (χ0n) is 10.0. The van der Waals surface area contributed by atoms with Gasteiger partial charge in [-0.25, -0.2) is 0 Å². The lowest BCUT2D eigenvalue weighted by Gasteiger charge is -2.17. The summed E-state index contributed by atoms with van der Waals surface area (Å²) in [5, 5.41) is 7.55. The van der Waals surface area contributed by atoms with E-state index < -0.39 is 0 Å². The summed E-state index contributed by atoms with van der Waals surface area (Å²) in [7, 11) is 3.93. The third kappa shape index (κ3) is 2.96. The zero-order valence-corrected chi connectivity index (χ0v) is 11.6. The van der Waals surface area contributed by atoms with E-state index >= 15 is 0 Å². The van der Waals surface area contributed by atoms with Gasteiger partial charge in [-0.1, -0.05) is 34.1 Å². The molecule has 1 unspecified atom stereocenters. The van der Waals surface area contributed by atoms with Gasteiger partial charge in [-0.05, 0) is 30.7 Å². The average molecular weight is 294 g/mol. The number of rotatable bonds is 4. The largest absolute Gasteiger partial charge is 0.313 e. The zero-order chi connectivity index (χ0) is 12.3. The molecule has 2 rings (SSSR count). The molecule has 1 N–H and O–H groups in total. The molecule has 1 heterocycles. The maximum atomic E-state index is 4.20. The highest BCUT2D eigenvalue weighted by Gasteiger charge is 2.13. The fraction of sp³-hybridized carbons (Fsp3) is 0.308. The summed E-state index contributed by atoms with van der Waals surface area (Å²) in [6, 6.07) is 8.61. The Kier molecular flexibility index (Phi) is 3.97. The summed E-state index contributed by atoms with van der Waals surface area (Å²) >= 11 is 3.60. The summed E-state index contributed by atoms with van der Waals surface area (Å²) in [5.41, 5.74) is 2.52.